The smallest absolute Gasteiger partial charge is 0.264 e. The third-order valence-corrected chi connectivity index (χ3v) is 6.79. The Balaban J connectivity index is 1.95. The van der Waals surface area contributed by atoms with Crippen LogP contribution in [0.2, 0.25) is 0 Å². The van der Waals surface area contributed by atoms with Crippen LogP contribution in [0.15, 0.2) is 71.6 Å². The van der Waals surface area contributed by atoms with Gasteiger partial charge in [0.15, 0.2) is 0 Å². The van der Waals surface area contributed by atoms with Crippen molar-refractivity contribution < 1.29 is 27.1 Å². The molecule has 8 nitrogen and oxygen atoms in total. The van der Waals surface area contributed by atoms with Gasteiger partial charge in [-0.25, -0.2) is 12.8 Å². The Labute approximate surface area is 197 Å². The number of benzene rings is 3. The van der Waals surface area contributed by atoms with Crippen LogP contribution in [0.4, 0.5) is 15.8 Å². The summed E-state index contributed by atoms with van der Waals surface area (Å²) in [7, 11) is -4.22. The second-order valence-corrected chi connectivity index (χ2v) is 9.15. The molecular weight excluding hydrogens is 461 g/mol. The van der Waals surface area contributed by atoms with E-state index in [9.17, 15) is 22.4 Å². The topological polar surface area (TPSA) is 119 Å². The highest BCUT2D eigenvalue weighted by Crippen LogP contribution is 2.27. The normalized spacial score (nSPS) is 11.0. The number of hydrogen-bond donors (Lipinski definition) is 2. The van der Waals surface area contributed by atoms with E-state index in [4.69, 9.17) is 10.5 Å². The van der Waals surface area contributed by atoms with E-state index < -0.39 is 34.2 Å². The van der Waals surface area contributed by atoms with Crippen LogP contribution < -0.4 is 20.1 Å². The number of rotatable bonds is 9. The number of nitrogens with zero attached hydrogens (tertiary/aromatic N) is 1. The van der Waals surface area contributed by atoms with E-state index in [1.807, 2.05) is 6.92 Å². The van der Waals surface area contributed by atoms with Gasteiger partial charge in [0.2, 0.25) is 11.8 Å². The molecule has 0 unspecified atom stereocenters. The van der Waals surface area contributed by atoms with Crippen molar-refractivity contribution in [2.45, 2.75) is 18.7 Å². The molecular formula is C24H24FN3O5S. The summed E-state index contributed by atoms with van der Waals surface area (Å²) in [5, 5.41) is 2.63. The van der Waals surface area contributed by atoms with Crippen LogP contribution in [0.5, 0.6) is 5.75 Å². The summed E-state index contributed by atoms with van der Waals surface area (Å²) in [6, 6.07) is 15.2. The van der Waals surface area contributed by atoms with Gasteiger partial charge in [-0.3, -0.25) is 13.9 Å². The molecule has 0 aliphatic heterocycles. The molecule has 3 aromatic carbocycles. The highest BCUT2D eigenvalue weighted by Gasteiger charge is 2.27. The van der Waals surface area contributed by atoms with Crippen LogP contribution in [-0.4, -0.2) is 33.4 Å². The van der Waals surface area contributed by atoms with Crippen LogP contribution in [0.3, 0.4) is 0 Å². The lowest BCUT2D eigenvalue weighted by atomic mass is 10.1. The van der Waals surface area contributed by atoms with Crippen molar-refractivity contribution in [1.29, 1.82) is 0 Å². The van der Waals surface area contributed by atoms with E-state index in [1.165, 1.54) is 18.2 Å². The summed E-state index contributed by atoms with van der Waals surface area (Å²) in [6.45, 7) is 3.30. The lowest BCUT2D eigenvalue weighted by Crippen LogP contribution is -2.38. The number of carbonyl (C=O) groups excluding carboxylic acids is 2. The first-order valence-electron chi connectivity index (χ1n) is 10.3. The summed E-state index contributed by atoms with van der Waals surface area (Å²) in [4.78, 5) is 24.3. The third-order valence-electron chi connectivity index (χ3n) is 5.00. The molecule has 0 aliphatic rings. The van der Waals surface area contributed by atoms with Gasteiger partial charge in [-0.2, -0.15) is 0 Å². The maximum Gasteiger partial charge on any atom is 0.264 e. The summed E-state index contributed by atoms with van der Waals surface area (Å²) in [6.07, 6.45) is 0. The minimum absolute atomic E-state index is 0.178. The van der Waals surface area contributed by atoms with E-state index in [2.05, 4.69) is 5.32 Å². The van der Waals surface area contributed by atoms with Gasteiger partial charge in [0, 0.05) is 11.3 Å². The molecule has 0 radical (unpaired) electrons. The molecule has 0 bridgehead atoms. The largest absolute Gasteiger partial charge is 0.494 e. The first kappa shape index (κ1) is 24.7. The zero-order chi connectivity index (χ0) is 24.9. The maximum atomic E-state index is 13.4. The van der Waals surface area contributed by atoms with Crippen LogP contribution in [-0.2, 0) is 14.8 Å². The van der Waals surface area contributed by atoms with Crippen LogP contribution in [0, 0.1) is 12.7 Å². The number of amides is 2. The number of anilines is 2. The number of carbonyl (C=O) groups is 2. The zero-order valence-electron chi connectivity index (χ0n) is 18.6. The van der Waals surface area contributed by atoms with E-state index in [1.54, 1.807) is 31.2 Å². The van der Waals surface area contributed by atoms with Crippen molar-refractivity contribution in [1.82, 2.24) is 0 Å². The van der Waals surface area contributed by atoms with E-state index in [0.29, 0.717) is 23.6 Å². The number of primary amides is 1. The SMILES string of the molecule is CCOc1ccc(N(CC(=O)Nc2cccc(C(N)=O)c2C)S(=O)(=O)c2ccc(F)cc2)cc1. The predicted molar refractivity (Wildman–Crippen MR) is 127 cm³/mol. The molecule has 0 aromatic heterocycles. The summed E-state index contributed by atoms with van der Waals surface area (Å²) < 4.78 is 46.5. The standard InChI is InChI=1S/C24H24FN3O5S/c1-3-33-19-11-9-18(10-12-19)28(34(31,32)20-13-7-17(25)8-14-20)15-23(29)27-22-6-4-5-21(16(22)2)24(26)30/h4-14H,3,15H2,1-2H3,(H2,26,30)(H,27,29). The predicted octanol–water partition coefficient (Wildman–Crippen LogP) is 3.47. The molecule has 0 fully saturated rings. The molecule has 178 valence electrons. The number of halogens is 1. The van der Waals surface area contributed by atoms with E-state index >= 15 is 0 Å². The number of nitrogens with one attached hydrogen (secondary N) is 1. The maximum absolute atomic E-state index is 13.4. The fraction of sp³-hybridized carbons (Fsp3) is 0.167. The quantitative estimate of drug-likeness (QED) is 0.481. The molecule has 3 aromatic rings. The Kier molecular flexibility index (Phi) is 7.52. The van der Waals surface area contributed by atoms with Gasteiger partial charge < -0.3 is 15.8 Å². The highest BCUT2D eigenvalue weighted by molar-refractivity contribution is 7.92. The molecule has 0 atom stereocenters. The Bertz CT molecular complexity index is 1290. The molecule has 0 aliphatic carbocycles. The number of nitrogens with two attached hydrogens (primary N) is 1. The molecule has 0 spiro atoms. The van der Waals surface area contributed by atoms with Gasteiger partial charge in [0.05, 0.1) is 17.2 Å². The Morgan fingerprint density at radius 1 is 1.03 bits per heavy atom. The number of ether oxygens (including phenoxy) is 1. The Morgan fingerprint density at radius 2 is 1.68 bits per heavy atom. The molecule has 0 saturated heterocycles. The van der Waals surface area contributed by atoms with Crippen molar-refractivity contribution in [3.8, 4) is 5.75 Å². The average molecular weight is 486 g/mol. The van der Waals surface area contributed by atoms with Crippen molar-refractivity contribution in [2.24, 2.45) is 5.73 Å². The molecule has 3 rings (SSSR count). The molecule has 34 heavy (non-hydrogen) atoms. The number of sulfonamides is 1. The van der Waals surface area contributed by atoms with Crippen molar-refractivity contribution in [3.63, 3.8) is 0 Å². The average Bonchev–Trinajstić information content (AvgIpc) is 2.80. The molecule has 3 N–H and O–H groups in total. The van der Waals surface area contributed by atoms with E-state index in [-0.39, 0.29) is 16.1 Å². The summed E-state index contributed by atoms with van der Waals surface area (Å²) in [5.74, 6) is -1.35. The molecule has 0 heterocycles. The van der Waals surface area contributed by atoms with Crippen LogP contribution in [0.25, 0.3) is 0 Å². The fourth-order valence-corrected chi connectivity index (χ4v) is 4.70. The van der Waals surface area contributed by atoms with Crippen LogP contribution >= 0.6 is 0 Å². The van der Waals surface area contributed by atoms with E-state index in [0.717, 1.165) is 28.6 Å². The lowest BCUT2D eigenvalue weighted by molar-refractivity contribution is -0.114. The lowest BCUT2D eigenvalue weighted by Gasteiger charge is -2.24. The minimum atomic E-state index is -4.22. The highest BCUT2D eigenvalue weighted by atomic mass is 32.2. The van der Waals surface area contributed by atoms with Crippen LogP contribution in [0.1, 0.15) is 22.8 Å². The third kappa shape index (κ3) is 5.52. The first-order valence-corrected chi connectivity index (χ1v) is 11.8. The van der Waals surface area contributed by atoms with Crippen molar-refractivity contribution in [3.05, 3.63) is 83.7 Å². The summed E-state index contributed by atoms with van der Waals surface area (Å²) in [5.41, 5.74) is 6.59. The van der Waals surface area contributed by atoms with Gasteiger partial charge in [-0.05, 0) is 80.1 Å². The number of hydrogen-bond acceptors (Lipinski definition) is 5. The molecule has 0 saturated carbocycles. The summed E-state index contributed by atoms with van der Waals surface area (Å²) >= 11 is 0. The Morgan fingerprint density at radius 3 is 2.26 bits per heavy atom. The van der Waals surface area contributed by atoms with Gasteiger partial charge in [-0.1, -0.05) is 6.07 Å². The second kappa shape index (κ2) is 10.3. The van der Waals surface area contributed by atoms with Gasteiger partial charge in [-0.15, -0.1) is 0 Å². The monoisotopic (exact) mass is 485 g/mol. The Hall–Kier alpha value is -3.92. The van der Waals surface area contributed by atoms with Crippen molar-refractivity contribution in [2.75, 3.05) is 22.8 Å². The first-order chi connectivity index (χ1) is 16.1. The molecule has 2 amide bonds. The minimum Gasteiger partial charge on any atom is -0.494 e. The fourth-order valence-electron chi connectivity index (χ4n) is 3.28. The van der Waals surface area contributed by atoms with Gasteiger partial charge >= 0.3 is 0 Å². The van der Waals surface area contributed by atoms with Gasteiger partial charge in [0.25, 0.3) is 10.0 Å². The van der Waals surface area contributed by atoms with Crippen molar-refractivity contribution >= 4 is 33.2 Å². The zero-order valence-corrected chi connectivity index (χ0v) is 19.4. The van der Waals surface area contributed by atoms with Gasteiger partial charge in [0.1, 0.15) is 18.1 Å². The second-order valence-electron chi connectivity index (χ2n) is 7.28. The molecule has 10 heteroatoms.